The number of imidazole rings is 1. The molecule has 0 unspecified atom stereocenters. The van der Waals surface area contributed by atoms with Crippen LogP contribution in [0.5, 0.6) is 0 Å². The van der Waals surface area contributed by atoms with Crippen LogP contribution in [0, 0.1) is 0 Å². The largest absolute Gasteiger partial charge is 0.352 e. The highest BCUT2D eigenvalue weighted by Gasteiger charge is 2.09. The Morgan fingerprint density at radius 1 is 1.17 bits per heavy atom. The molecule has 0 aliphatic heterocycles. The number of carbonyl (C=O) groups excluding carboxylic acids is 1. The third kappa shape index (κ3) is 3.76. The first-order valence-corrected chi connectivity index (χ1v) is 7.77. The van der Waals surface area contributed by atoms with Crippen LogP contribution in [0.1, 0.15) is 28.2 Å². The van der Waals surface area contributed by atoms with Gasteiger partial charge in [-0.2, -0.15) is 0 Å². The molecule has 3 rings (SSSR count). The smallest absolute Gasteiger partial charge is 0.251 e. The number of hydrogen-bond acceptors (Lipinski definition) is 3. The lowest BCUT2D eigenvalue weighted by Crippen LogP contribution is -2.25. The van der Waals surface area contributed by atoms with Crippen LogP contribution in [0.4, 0.5) is 0 Å². The molecule has 5 heteroatoms. The van der Waals surface area contributed by atoms with Gasteiger partial charge >= 0.3 is 0 Å². The number of nitrogens with two attached hydrogens (primary N) is 1. The maximum Gasteiger partial charge on any atom is 0.251 e. The quantitative estimate of drug-likeness (QED) is 0.611. The van der Waals surface area contributed by atoms with Gasteiger partial charge in [0, 0.05) is 18.5 Å². The molecule has 2 aromatic carbocycles. The number of aromatic amines is 1. The molecule has 4 N–H and O–H groups in total. The molecule has 0 radical (unpaired) electrons. The van der Waals surface area contributed by atoms with E-state index in [0.717, 1.165) is 29.7 Å². The van der Waals surface area contributed by atoms with Crippen molar-refractivity contribution in [2.75, 3.05) is 13.1 Å². The number of H-pyrrole nitrogens is 1. The molecule has 0 atom stereocenters. The van der Waals surface area contributed by atoms with E-state index in [2.05, 4.69) is 27.4 Å². The van der Waals surface area contributed by atoms with Gasteiger partial charge in [-0.1, -0.05) is 30.3 Å². The highest BCUT2D eigenvalue weighted by atomic mass is 16.1. The topological polar surface area (TPSA) is 83.8 Å². The first-order valence-electron chi connectivity index (χ1n) is 7.77. The number of amides is 1. The van der Waals surface area contributed by atoms with Crippen molar-refractivity contribution in [2.24, 2.45) is 5.73 Å². The molecule has 0 bridgehead atoms. The number of hydrogen-bond donors (Lipinski definition) is 3. The summed E-state index contributed by atoms with van der Waals surface area (Å²) in [6.07, 6.45) is 1.52. The van der Waals surface area contributed by atoms with Crippen LogP contribution in [0.3, 0.4) is 0 Å². The zero-order valence-corrected chi connectivity index (χ0v) is 12.9. The molecule has 118 valence electrons. The number of nitrogens with one attached hydrogen (secondary N) is 2. The minimum atomic E-state index is -0.0837. The van der Waals surface area contributed by atoms with Crippen LogP contribution >= 0.6 is 0 Å². The van der Waals surface area contributed by atoms with E-state index in [4.69, 9.17) is 5.73 Å². The minimum absolute atomic E-state index is 0.0837. The summed E-state index contributed by atoms with van der Waals surface area (Å²) in [5.74, 6) is 0.812. The van der Waals surface area contributed by atoms with Gasteiger partial charge in [0.05, 0.1) is 11.0 Å². The molecule has 23 heavy (non-hydrogen) atoms. The summed E-state index contributed by atoms with van der Waals surface area (Å²) in [7, 11) is 0. The molecule has 5 nitrogen and oxygen atoms in total. The maximum atomic E-state index is 12.1. The van der Waals surface area contributed by atoms with Crippen LogP contribution in [-0.4, -0.2) is 29.0 Å². The van der Waals surface area contributed by atoms with E-state index in [0.29, 0.717) is 18.7 Å². The van der Waals surface area contributed by atoms with Gasteiger partial charge in [0.2, 0.25) is 0 Å². The zero-order valence-electron chi connectivity index (χ0n) is 12.9. The van der Waals surface area contributed by atoms with Crippen LogP contribution < -0.4 is 11.1 Å². The van der Waals surface area contributed by atoms with Crippen molar-refractivity contribution in [3.8, 4) is 0 Å². The number of nitrogens with zero attached hydrogens (tertiary/aromatic N) is 1. The Labute approximate surface area is 134 Å². The van der Waals surface area contributed by atoms with Crippen molar-refractivity contribution in [1.29, 1.82) is 0 Å². The first-order chi connectivity index (χ1) is 11.3. The number of rotatable bonds is 6. The number of benzene rings is 2. The van der Waals surface area contributed by atoms with Gasteiger partial charge in [-0.3, -0.25) is 4.79 Å². The molecule has 0 saturated heterocycles. The number of aromatic nitrogens is 2. The summed E-state index contributed by atoms with van der Waals surface area (Å²) in [5, 5.41) is 2.86. The molecule has 0 aliphatic carbocycles. The average Bonchev–Trinajstić information content (AvgIpc) is 2.97. The van der Waals surface area contributed by atoms with Crippen LogP contribution in [0.25, 0.3) is 11.0 Å². The van der Waals surface area contributed by atoms with E-state index in [1.165, 1.54) is 5.56 Å². The van der Waals surface area contributed by atoms with Gasteiger partial charge in [-0.25, -0.2) is 4.98 Å². The average molecular weight is 308 g/mol. The second kappa shape index (κ2) is 7.07. The van der Waals surface area contributed by atoms with Crippen molar-refractivity contribution in [1.82, 2.24) is 15.3 Å². The molecule has 1 amide bonds. The van der Waals surface area contributed by atoms with Gasteiger partial charge < -0.3 is 16.0 Å². The third-order valence-corrected chi connectivity index (χ3v) is 3.67. The maximum absolute atomic E-state index is 12.1. The van der Waals surface area contributed by atoms with Gasteiger partial charge in [0.15, 0.2) is 0 Å². The predicted molar refractivity (Wildman–Crippen MR) is 91.3 cm³/mol. The Hall–Kier alpha value is -2.66. The van der Waals surface area contributed by atoms with Crippen molar-refractivity contribution in [3.63, 3.8) is 0 Å². The Morgan fingerprint density at radius 3 is 2.78 bits per heavy atom. The van der Waals surface area contributed by atoms with Gasteiger partial charge in [-0.15, -0.1) is 0 Å². The van der Waals surface area contributed by atoms with Crippen LogP contribution in [0.2, 0.25) is 0 Å². The van der Waals surface area contributed by atoms with Crippen molar-refractivity contribution in [3.05, 3.63) is 65.5 Å². The predicted octanol–water partition coefficient (Wildman–Crippen LogP) is 2.23. The fourth-order valence-electron chi connectivity index (χ4n) is 2.48. The highest BCUT2D eigenvalue weighted by Crippen LogP contribution is 2.16. The Bertz CT molecular complexity index is 795. The lowest BCUT2D eigenvalue weighted by Gasteiger charge is -2.03. The van der Waals surface area contributed by atoms with E-state index in [1.807, 2.05) is 30.3 Å². The summed E-state index contributed by atoms with van der Waals surface area (Å²) in [6, 6.07) is 15.7. The van der Waals surface area contributed by atoms with E-state index in [-0.39, 0.29) is 5.91 Å². The Balaban J connectivity index is 1.76. The van der Waals surface area contributed by atoms with Crippen molar-refractivity contribution >= 4 is 16.9 Å². The molecule has 0 aliphatic rings. The summed E-state index contributed by atoms with van der Waals surface area (Å²) < 4.78 is 0. The Kier molecular flexibility index (Phi) is 4.68. The SMILES string of the molecule is NCCCNC(=O)c1ccc2nc(Cc3ccccc3)[nH]c2c1. The molecule has 3 aromatic rings. The van der Waals surface area contributed by atoms with Crippen LogP contribution in [0.15, 0.2) is 48.5 Å². The third-order valence-electron chi connectivity index (χ3n) is 3.67. The number of fused-ring (bicyclic) bond motifs is 1. The molecule has 1 aromatic heterocycles. The lowest BCUT2D eigenvalue weighted by molar-refractivity contribution is 0.0953. The minimum Gasteiger partial charge on any atom is -0.352 e. The lowest BCUT2D eigenvalue weighted by atomic mass is 10.1. The molecular weight excluding hydrogens is 288 g/mol. The molecule has 0 fully saturated rings. The highest BCUT2D eigenvalue weighted by molar-refractivity contribution is 5.97. The summed E-state index contributed by atoms with van der Waals surface area (Å²) in [6.45, 7) is 1.16. The van der Waals surface area contributed by atoms with E-state index < -0.39 is 0 Å². The summed E-state index contributed by atoms with van der Waals surface area (Å²) >= 11 is 0. The molecule has 1 heterocycles. The van der Waals surface area contributed by atoms with Gasteiger partial charge in [0.25, 0.3) is 5.91 Å². The van der Waals surface area contributed by atoms with Crippen molar-refractivity contribution < 1.29 is 4.79 Å². The van der Waals surface area contributed by atoms with Gasteiger partial charge in [-0.05, 0) is 36.7 Å². The second-order valence-electron chi connectivity index (χ2n) is 5.48. The van der Waals surface area contributed by atoms with E-state index in [9.17, 15) is 4.79 Å². The number of carbonyl (C=O) groups is 1. The second-order valence-corrected chi connectivity index (χ2v) is 5.48. The molecule has 0 spiro atoms. The van der Waals surface area contributed by atoms with Gasteiger partial charge in [0.1, 0.15) is 5.82 Å². The van der Waals surface area contributed by atoms with Crippen LogP contribution in [-0.2, 0) is 6.42 Å². The normalized spacial score (nSPS) is 10.8. The summed E-state index contributed by atoms with van der Waals surface area (Å²) in [5.41, 5.74) is 9.01. The zero-order chi connectivity index (χ0) is 16.1. The standard InChI is InChI=1S/C18H20N4O/c19-9-4-10-20-18(23)14-7-8-15-16(12-14)22-17(21-15)11-13-5-2-1-3-6-13/h1-3,5-8,12H,4,9-11,19H2,(H,20,23)(H,21,22). The molecular formula is C18H20N4O. The fraction of sp³-hybridized carbons (Fsp3) is 0.222. The first kappa shape index (κ1) is 15.2. The Morgan fingerprint density at radius 2 is 2.00 bits per heavy atom. The monoisotopic (exact) mass is 308 g/mol. The molecule has 0 saturated carbocycles. The summed E-state index contributed by atoms with van der Waals surface area (Å²) in [4.78, 5) is 20.0. The van der Waals surface area contributed by atoms with Crippen molar-refractivity contribution in [2.45, 2.75) is 12.8 Å². The van der Waals surface area contributed by atoms with E-state index >= 15 is 0 Å². The van der Waals surface area contributed by atoms with E-state index in [1.54, 1.807) is 6.07 Å². The fourth-order valence-corrected chi connectivity index (χ4v) is 2.48.